The van der Waals surface area contributed by atoms with E-state index in [1.165, 1.54) is 12.5 Å². The molecule has 19 nitrogen and oxygen atoms in total. The molecule has 4 aromatic heterocycles. The standard InChI is InChI=1S/C29H30ClN5O4.C28H29ClN6O4/c1-3-38-25-9-5-4-8-24(25)35-28(32-27-23(29(35)37)7-6-14-31-27)20(2)33-15-17-34(18-16-33)26(36)19-39-22-12-10-21(30)11-13-22;1-3-38-24-7-5-4-6-23(24)35-27(32-26-22(28(35)37)16-30-18-31-26)19(2)33-12-14-34(15-13-33)25(36)17-39-21-10-8-20(29)9-11-21/h4-14,20H,3,15-19H2,1-2H3;4-11,16,18-19H,3,12-15,17H2,1-2H3. The average Bonchev–Trinajstić information content (AvgIpc) is 3.59. The smallest absolute Gasteiger partial charge is 0.269 e. The second kappa shape index (κ2) is 25.5. The number of hydrogen-bond acceptors (Lipinski definition) is 15. The molecule has 2 aliphatic heterocycles. The van der Waals surface area contributed by atoms with Gasteiger partial charge >= 0.3 is 0 Å². The van der Waals surface area contributed by atoms with Gasteiger partial charge in [0.05, 0.1) is 42.1 Å². The van der Waals surface area contributed by atoms with Crippen LogP contribution in [0.2, 0.25) is 10.0 Å². The lowest BCUT2D eigenvalue weighted by atomic mass is 10.1. The Labute approximate surface area is 460 Å². The van der Waals surface area contributed by atoms with E-state index in [1.807, 2.05) is 76.2 Å². The first-order valence-electron chi connectivity index (χ1n) is 25.8. The molecule has 0 spiro atoms. The van der Waals surface area contributed by atoms with Gasteiger partial charge < -0.3 is 28.7 Å². The van der Waals surface area contributed by atoms with Crippen molar-refractivity contribution in [2.24, 2.45) is 0 Å². The highest BCUT2D eigenvalue weighted by molar-refractivity contribution is 6.30. The third-order valence-electron chi connectivity index (χ3n) is 13.6. The summed E-state index contributed by atoms with van der Waals surface area (Å²) in [6, 6.07) is 31.7. The van der Waals surface area contributed by atoms with E-state index in [0.29, 0.717) is 144 Å². The fourth-order valence-electron chi connectivity index (χ4n) is 9.43. The third-order valence-corrected chi connectivity index (χ3v) is 14.1. The van der Waals surface area contributed by atoms with Crippen LogP contribution in [0.15, 0.2) is 138 Å². The predicted molar refractivity (Wildman–Crippen MR) is 297 cm³/mol. The van der Waals surface area contributed by atoms with Gasteiger partial charge in [0.25, 0.3) is 22.9 Å². The van der Waals surface area contributed by atoms with Crippen LogP contribution in [0.5, 0.6) is 23.0 Å². The number of aromatic nitrogens is 7. The van der Waals surface area contributed by atoms with Gasteiger partial charge in [-0.25, -0.2) is 24.9 Å². The first-order valence-corrected chi connectivity index (χ1v) is 26.5. The van der Waals surface area contributed by atoms with Gasteiger partial charge in [-0.1, -0.05) is 47.5 Å². The van der Waals surface area contributed by atoms with Gasteiger partial charge in [-0.2, -0.15) is 0 Å². The molecule has 404 valence electrons. The molecule has 0 radical (unpaired) electrons. The molecule has 2 unspecified atom stereocenters. The Balaban J connectivity index is 0.000000190. The lowest BCUT2D eigenvalue weighted by molar-refractivity contribution is -0.136. The fourth-order valence-corrected chi connectivity index (χ4v) is 9.68. The molecule has 4 aromatic carbocycles. The van der Waals surface area contributed by atoms with Gasteiger partial charge in [0.2, 0.25) is 0 Å². The molecule has 0 saturated carbocycles. The number of pyridine rings is 1. The van der Waals surface area contributed by atoms with E-state index in [9.17, 15) is 19.2 Å². The number of halogens is 2. The zero-order chi connectivity index (χ0) is 54.7. The van der Waals surface area contributed by atoms with Crippen molar-refractivity contribution in [2.75, 3.05) is 78.8 Å². The number of para-hydroxylation sites is 4. The van der Waals surface area contributed by atoms with E-state index >= 15 is 0 Å². The number of carbonyl (C=O) groups excluding carboxylic acids is 2. The molecule has 78 heavy (non-hydrogen) atoms. The Morgan fingerprint density at radius 3 is 1.44 bits per heavy atom. The van der Waals surface area contributed by atoms with E-state index in [0.717, 1.165) is 0 Å². The highest BCUT2D eigenvalue weighted by atomic mass is 35.5. The van der Waals surface area contributed by atoms with E-state index in [1.54, 1.807) is 85.8 Å². The summed E-state index contributed by atoms with van der Waals surface area (Å²) in [5.74, 6) is 3.35. The van der Waals surface area contributed by atoms with Crippen LogP contribution in [0, 0.1) is 0 Å². The van der Waals surface area contributed by atoms with Gasteiger partial charge in [-0.15, -0.1) is 0 Å². The summed E-state index contributed by atoms with van der Waals surface area (Å²) in [5.41, 5.74) is 1.53. The molecule has 10 rings (SSSR count). The van der Waals surface area contributed by atoms with Crippen molar-refractivity contribution in [1.82, 2.24) is 53.7 Å². The predicted octanol–water partition coefficient (Wildman–Crippen LogP) is 7.63. The maximum atomic E-state index is 13.8. The van der Waals surface area contributed by atoms with Crippen molar-refractivity contribution in [3.63, 3.8) is 0 Å². The Morgan fingerprint density at radius 2 is 0.974 bits per heavy atom. The summed E-state index contributed by atoms with van der Waals surface area (Å²) in [5, 5.41) is 1.99. The van der Waals surface area contributed by atoms with Crippen LogP contribution in [0.3, 0.4) is 0 Å². The van der Waals surface area contributed by atoms with Crippen molar-refractivity contribution in [2.45, 2.75) is 39.8 Å². The molecule has 2 saturated heterocycles. The van der Waals surface area contributed by atoms with Crippen molar-refractivity contribution in [3.8, 4) is 34.4 Å². The maximum absolute atomic E-state index is 13.8. The summed E-state index contributed by atoms with van der Waals surface area (Å²) in [7, 11) is 0. The molecule has 21 heteroatoms. The van der Waals surface area contributed by atoms with Gasteiger partial charge in [-0.05, 0) is 113 Å². The zero-order valence-corrected chi connectivity index (χ0v) is 45.2. The Kier molecular flexibility index (Phi) is 17.9. The molecule has 2 fully saturated rings. The number of carbonyl (C=O) groups is 2. The number of hydrogen-bond donors (Lipinski definition) is 0. The minimum atomic E-state index is -0.261. The monoisotopic (exact) mass is 1100 g/mol. The third kappa shape index (κ3) is 12.6. The summed E-state index contributed by atoms with van der Waals surface area (Å²) >= 11 is 11.8. The molecule has 2 aliphatic rings. The van der Waals surface area contributed by atoms with E-state index < -0.39 is 0 Å². The Morgan fingerprint density at radius 1 is 0.538 bits per heavy atom. The first kappa shape index (κ1) is 54.8. The largest absolute Gasteiger partial charge is 0.492 e. The van der Waals surface area contributed by atoms with Crippen molar-refractivity contribution in [3.05, 3.63) is 170 Å². The van der Waals surface area contributed by atoms with Crippen LogP contribution in [0.1, 0.15) is 51.4 Å². The molecule has 2 atom stereocenters. The van der Waals surface area contributed by atoms with E-state index in [-0.39, 0.29) is 48.2 Å². The highest BCUT2D eigenvalue weighted by Gasteiger charge is 2.31. The van der Waals surface area contributed by atoms with Crippen molar-refractivity contribution < 1.29 is 28.5 Å². The summed E-state index contributed by atoms with van der Waals surface area (Å²) < 4.78 is 26.2. The minimum Gasteiger partial charge on any atom is -0.492 e. The zero-order valence-electron chi connectivity index (χ0n) is 43.7. The number of ether oxygens (including phenoxy) is 4. The maximum Gasteiger partial charge on any atom is 0.269 e. The summed E-state index contributed by atoms with van der Waals surface area (Å²) in [6.45, 7) is 13.3. The number of amides is 2. The van der Waals surface area contributed by atoms with Crippen LogP contribution in [-0.2, 0) is 9.59 Å². The molecular formula is C57H59Cl2N11O8. The Hall–Kier alpha value is -7.97. The van der Waals surface area contributed by atoms with Gasteiger partial charge in [0.15, 0.2) is 24.5 Å². The van der Waals surface area contributed by atoms with Crippen LogP contribution in [0.4, 0.5) is 0 Å². The lowest BCUT2D eigenvalue weighted by Gasteiger charge is -2.38. The fraction of sp³-hybridized carbons (Fsp3) is 0.316. The number of benzene rings is 4. The van der Waals surface area contributed by atoms with E-state index in [2.05, 4.69) is 24.8 Å². The lowest BCUT2D eigenvalue weighted by Crippen LogP contribution is -2.51. The minimum absolute atomic E-state index is 0.0388. The normalized spacial score (nSPS) is 14.8. The SMILES string of the molecule is CCOc1ccccc1-n1c(C(C)N2CCN(C(=O)COc3ccc(Cl)cc3)CC2)nc2ncccc2c1=O.CCOc1ccccc1-n1c(C(C)N2CCN(C(=O)COc3ccc(Cl)cc3)CC2)nc2ncncc2c1=O. The second-order valence-corrected chi connectivity index (χ2v) is 19.2. The average molecular weight is 1100 g/mol. The molecule has 8 aromatic rings. The van der Waals surface area contributed by atoms with Crippen LogP contribution in [-0.4, -0.2) is 144 Å². The van der Waals surface area contributed by atoms with Gasteiger partial charge in [-0.3, -0.25) is 38.1 Å². The highest BCUT2D eigenvalue weighted by Crippen LogP contribution is 2.30. The quantitative estimate of drug-likeness (QED) is 0.0917. The second-order valence-electron chi connectivity index (χ2n) is 18.3. The van der Waals surface area contributed by atoms with Crippen LogP contribution in [0.25, 0.3) is 33.4 Å². The molecule has 6 heterocycles. The molecule has 0 N–H and O–H groups in total. The van der Waals surface area contributed by atoms with Gasteiger partial charge in [0, 0.05) is 74.8 Å². The first-order chi connectivity index (χ1) is 37.9. The molecule has 0 aliphatic carbocycles. The summed E-state index contributed by atoms with van der Waals surface area (Å²) in [4.78, 5) is 83.4. The van der Waals surface area contributed by atoms with Gasteiger partial charge in [0.1, 0.15) is 46.4 Å². The van der Waals surface area contributed by atoms with Crippen molar-refractivity contribution >= 4 is 57.1 Å². The number of rotatable bonds is 16. The van der Waals surface area contributed by atoms with E-state index in [4.69, 9.17) is 52.1 Å². The van der Waals surface area contributed by atoms with Crippen molar-refractivity contribution in [1.29, 1.82) is 0 Å². The summed E-state index contributed by atoms with van der Waals surface area (Å²) in [6.07, 6.45) is 4.51. The Bertz CT molecular complexity index is 3270. The number of fused-ring (bicyclic) bond motifs is 2. The number of nitrogens with zero attached hydrogens (tertiary/aromatic N) is 11. The topological polar surface area (TPSA) is 192 Å². The van der Waals surface area contributed by atoms with Crippen LogP contribution >= 0.6 is 23.2 Å². The number of piperazine rings is 2. The molecule has 0 bridgehead atoms. The molecule has 2 amide bonds. The van der Waals surface area contributed by atoms with Crippen LogP contribution < -0.4 is 30.1 Å². The molecular weight excluding hydrogens is 1040 g/mol.